The van der Waals surface area contributed by atoms with Crippen molar-refractivity contribution in [3.05, 3.63) is 23.8 Å². The highest BCUT2D eigenvalue weighted by atomic mass is 14.9. The Hall–Kier alpha value is -1.69. The number of benzene rings is 1. The molecule has 1 rings (SSSR count). The van der Waals surface area contributed by atoms with E-state index in [4.69, 9.17) is 11.0 Å². The smallest absolute Gasteiger partial charge is 0.101 e. The van der Waals surface area contributed by atoms with Crippen LogP contribution in [0, 0.1) is 17.2 Å². The van der Waals surface area contributed by atoms with Crippen LogP contribution in [0.2, 0.25) is 0 Å². The van der Waals surface area contributed by atoms with Gasteiger partial charge in [-0.15, -0.1) is 0 Å². The molecule has 18 heavy (non-hydrogen) atoms. The number of nitrogen functional groups attached to an aromatic ring is 1. The molecule has 0 fully saturated rings. The zero-order valence-corrected chi connectivity index (χ0v) is 11.5. The molecule has 0 saturated heterocycles. The van der Waals surface area contributed by atoms with Crippen molar-refractivity contribution in [2.24, 2.45) is 5.92 Å². The number of hydrogen-bond acceptors (Lipinski definition) is 3. The van der Waals surface area contributed by atoms with Gasteiger partial charge in [0.25, 0.3) is 0 Å². The van der Waals surface area contributed by atoms with Crippen molar-refractivity contribution in [1.29, 1.82) is 5.26 Å². The predicted molar refractivity (Wildman–Crippen MR) is 77.3 cm³/mol. The van der Waals surface area contributed by atoms with Gasteiger partial charge in [-0.25, -0.2) is 0 Å². The SMILES string of the molecule is CC(C)CCCC(C)Nc1cccc(C#N)c1N. The maximum Gasteiger partial charge on any atom is 0.101 e. The second-order valence-electron chi connectivity index (χ2n) is 5.25. The number of rotatable bonds is 6. The molecule has 0 amide bonds. The van der Waals surface area contributed by atoms with Crippen molar-refractivity contribution in [2.75, 3.05) is 11.1 Å². The van der Waals surface area contributed by atoms with Crippen LogP contribution in [0.1, 0.15) is 45.6 Å². The zero-order valence-electron chi connectivity index (χ0n) is 11.5. The number of nitrogens with zero attached hydrogens (tertiary/aromatic N) is 1. The van der Waals surface area contributed by atoms with Gasteiger partial charge in [0, 0.05) is 6.04 Å². The Morgan fingerprint density at radius 3 is 2.61 bits per heavy atom. The van der Waals surface area contributed by atoms with Crippen LogP contribution in [-0.4, -0.2) is 6.04 Å². The van der Waals surface area contributed by atoms with Crippen molar-refractivity contribution < 1.29 is 0 Å². The first-order valence-electron chi connectivity index (χ1n) is 6.59. The fourth-order valence-electron chi connectivity index (χ4n) is 1.96. The Kier molecular flexibility index (Phi) is 5.51. The first-order valence-corrected chi connectivity index (χ1v) is 6.59. The average Bonchev–Trinajstić information content (AvgIpc) is 2.31. The van der Waals surface area contributed by atoms with Crippen molar-refractivity contribution >= 4 is 11.4 Å². The molecule has 0 aromatic heterocycles. The molecular weight excluding hydrogens is 222 g/mol. The molecule has 0 spiro atoms. The van der Waals surface area contributed by atoms with Gasteiger partial charge in [-0.2, -0.15) is 5.26 Å². The molecule has 0 radical (unpaired) electrons. The quantitative estimate of drug-likeness (QED) is 0.750. The van der Waals surface area contributed by atoms with E-state index in [0.29, 0.717) is 17.3 Å². The first kappa shape index (κ1) is 14.4. The maximum absolute atomic E-state index is 8.92. The molecule has 1 aromatic rings. The number of anilines is 2. The van der Waals surface area contributed by atoms with Gasteiger partial charge < -0.3 is 11.1 Å². The average molecular weight is 245 g/mol. The molecule has 0 aliphatic heterocycles. The van der Waals surface area contributed by atoms with Crippen LogP contribution in [0.3, 0.4) is 0 Å². The molecule has 3 nitrogen and oxygen atoms in total. The second kappa shape index (κ2) is 6.90. The molecule has 0 bridgehead atoms. The van der Waals surface area contributed by atoms with Crippen LogP contribution < -0.4 is 11.1 Å². The van der Waals surface area contributed by atoms with Crippen molar-refractivity contribution in [1.82, 2.24) is 0 Å². The Morgan fingerprint density at radius 2 is 2.00 bits per heavy atom. The van der Waals surface area contributed by atoms with E-state index in [1.807, 2.05) is 12.1 Å². The summed E-state index contributed by atoms with van der Waals surface area (Å²) >= 11 is 0. The lowest BCUT2D eigenvalue weighted by atomic mass is 10.0. The van der Waals surface area contributed by atoms with Crippen LogP contribution in [-0.2, 0) is 0 Å². The largest absolute Gasteiger partial charge is 0.396 e. The highest BCUT2D eigenvalue weighted by Gasteiger charge is 2.07. The lowest BCUT2D eigenvalue weighted by molar-refractivity contribution is 0.520. The summed E-state index contributed by atoms with van der Waals surface area (Å²) in [6.45, 7) is 6.64. The van der Waals surface area contributed by atoms with Crippen LogP contribution >= 0.6 is 0 Å². The fraction of sp³-hybridized carbons (Fsp3) is 0.533. The molecule has 1 atom stereocenters. The third-order valence-electron chi connectivity index (χ3n) is 3.05. The van der Waals surface area contributed by atoms with Gasteiger partial charge in [0.1, 0.15) is 6.07 Å². The molecule has 3 N–H and O–H groups in total. The molecule has 0 aliphatic carbocycles. The lowest BCUT2D eigenvalue weighted by Gasteiger charge is -2.17. The molecule has 0 saturated carbocycles. The minimum atomic E-state index is 0.375. The Bertz CT molecular complexity index is 418. The molecule has 0 aliphatic rings. The van der Waals surface area contributed by atoms with Gasteiger partial charge in [0.05, 0.1) is 16.9 Å². The molecular formula is C15H23N3. The first-order chi connectivity index (χ1) is 8.54. The van der Waals surface area contributed by atoms with Crippen molar-refractivity contribution in [3.8, 4) is 6.07 Å². The summed E-state index contributed by atoms with van der Waals surface area (Å²) in [5.41, 5.74) is 7.89. The molecule has 1 aromatic carbocycles. The van der Waals surface area contributed by atoms with Gasteiger partial charge in [-0.1, -0.05) is 32.8 Å². The van der Waals surface area contributed by atoms with Crippen LogP contribution in [0.4, 0.5) is 11.4 Å². The molecule has 1 unspecified atom stereocenters. The normalized spacial score (nSPS) is 12.2. The minimum Gasteiger partial charge on any atom is -0.396 e. The third kappa shape index (κ3) is 4.29. The van der Waals surface area contributed by atoms with E-state index in [9.17, 15) is 0 Å². The summed E-state index contributed by atoms with van der Waals surface area (Å²) in [7, 11) is 0. The summed E-state index contributed by atoms with van der Waals surface area (Å²) in [6.07, 6.45) is 3.58. The predicted octanol–water partition coefficient (Wildman–Crippen LogP) is 3.77. The lowest BCUT2D eigenvalue weighted by Crippen LogP contribution is -2.16. The van der Waals surface area contributed by atoms with Crippen LogP contribution in [0.5, 0.6) is 0 Å². The topological polar surface area (TPSA) is 61.8 Å². The summed E-state index contributed by atoms with van der Waals surface area (Å²) in [5, 5.41) is 12.3. The number of hydrogen-bond donors (Lipinski definition) is 2. The summed E-state index contributed by atoms with van der Waals surface area (Å²) in [5.74, 6) is 0.754. The number of para-hydroxylation sites is 1. The van der Waals surface area contributed by atoms with E-state index in [1.54, 1.807) is 6.07 Å². The van der Waals surface area contributed by atoms with E-state index < -0.39 is 0 Å². The van der Waals surface area contributed by atoms with Gasteiger partial charge in [-0.3, -0.25) is 0 Å². The standard InChI is InChI=1S/C15H23N3/c1-11(2)6-4-7-12(3)18-14-9-5-8-13(10-16)15(14)17/h5,8-9,11-12,18H,4,6-7,17H2,1-3H3. The molecule has 0 heterocycles. The van der Waals surface area contributed by atoms with Crippen molar-refractivity contribution in [3.63, 3.8) is 0 Å². The zero-order chi connectivity index (χ0) is 13.5. The highest BCUT2D eigenvalue weighted by Crippen LogP contribution is 2.23. The van der Waals surface area contributed by atoms with E-state index in [-0.39, 0.29) is 0 Å². The van der Waals surface area contributed by atoms with Crippen LogP contribution in [0.25, 0.3) is 0 Å². The number of nitriles is 1. The maximum atomic E-state index is 8.92. The van der Waals surface area contributed by atoms with E-state index in [0.717, 1.165) is 18.0 Å². The summed E-state index contributed by atoms with van der Waals surface area (Å²) in [6, 6.07) is 8.00. The Labute approximate surface area is 110 Å². The Balaban J connectivity index is 2.54. The Morgan fingerprint density at radius 1 is 1.28 bits per heavy atom. The second-order valence-corrected chi connectivity index (χ2v) is 5.25. The minimum absolute atomic E-state index is 0.375. The third-order valence-corrected chi connectivity index (χ3v) is 3.05. The summed E-state index contributed by atoms with van der Waals surface area (Å²) < 4.78 is 0. The number of nitrogens with one attached hydrogen (secondary N) is 1. The van der Waals surface area contributed by atoms with Gasteiger partial charge in [0.15, 0.2) is 0 Å². The summed E-state index contributed by atoms with van der Waals surface area (Å²) in [4.78, 5) is 0. The van der Waals surface area contributed by atoms with Gasteiger partial charge >= 0.3 is 0 Å². The van der Waals surface area contributed by atoms with E-state index >= 15 is 0 Å². The van der Waals surface area contributed by atoms with Crippen molar-refractivity contribution in [2.45, 2.75) is 46.1 Å². The molecule has 3 heteroatoms. The monoisotopic (exact) mass is 245 g/mol. The fourth-order valence-corrected chi connectivity index (χ4v) is 1.96. The van der Waals surface area contributed by atoms with E-state index in [2.05, 4.69) is 32.2 Å². The number of nitrogens with two attached hydrogens (primary N) is 1. The van der Waals surface area contributed by atoms with E-state index in [1.165, 1.54) is 12.8 Å². The highest BCUT2D eigenvalue weighted by molar-refractivity contribution is 5.73. The molecule has 98 valence electrons. The van der Waals surface area contributed by atoms with Gasteiger partial charge in [-0.05, 0) is 31.4 Å². The van der Waals surface area contributed by atoms with Crippen LogP contribution in [0.15, 0.2) is 18.2 Å². The van der Waals surface area contributed by atoms with Gasteiger partial charge in [0.2, 0.25) is 0 Å².